The zero-order chi connectivity index (χ0) is 14.7. The van der Waals surface area contributed by atoms with Crippen LogP contribution in [0.1, 0.15) is 0 Å². The van der Waals surface area contributed by atoms with E-state index in [4.69, 9.17) is 0 Å². The Labute approximate surface area is 125 Å². The molecule has 6 nitrogen and oxygen atoms in total. The first-order valence-corrected chi connectivity index (χ1v) is 7.24. The number of nitrogens with zero attached hydrogens (tertiary/aromatic N) is 4. The fourth-order valence-electron chi connectivity index (χ4n) is 1.81. The minimum absolute atomic E-state index is 0.220. The van der Waals surface area contributed by atoms with Crippen LogP contribution in [0.5, 0.6) is 0 Å². The molecule has 0 spiro atoms. The summed E-state index contributed by atoms with van der Waals surface area (Å²) in [5, 5.41) is 13.4. The third-order valence-electron chi connectivity index (χ3n) is 2.84. The van der Waals surface area contributed by atoms with Crippen LogP contribution >= 0.6 is 11.8 Å². The van der Waals surface area contributed by atoms with Gasteiger partial charge in [-0.15, -0.1) is 10.2 Å². The van der Waals surface area contributed by atoms with Gasteiger partial charge in [0.2, 0.25) is 0 Å². The molecule has 0 radical (unpaired) electrons. The Morgan fingerprint density at radius 2 is 2.00 bits per heavy atom. The Kier molecular flexibility index (Phi) is 3.83. The molecule has 0 bridgehead atoms. The second-order valence-electron chi connectivity index (χ2n) is 4.20. The number of hydrogen-bond donors (Lipinski definition) is 0. The van der Waals surface area contributed by atoms with Crippen LogP contribution in [0.3, 0.4) is 0 Å². The lowest BCUT2D eigenvalue weighted by Crippen LogP contribution is -2.04. The Hall–Kier alpha value is -2.41. The number of hydrogen-bond acceptors (Lipinski definition) is 6. The highest BCUT2D eigenvalue weighted by Crippen LogP contribution is 2.20. The first-order chi connectivity index (χ1) is 10.3. The van der Waals surface area contributed by atoms with E-state index in [9.17, 15) is 4.79 Å². The maximum absolute atomic E-state index is 11.2. The summed E-state index contributed by atoms with van der Waals surface area (Å²) in [6.45, 7) is 0. The van der Waals surface area contributed by atoms with E-state index in [1.807, 2.05) is 42.5 Å². The van der Waals surface area contributed by atoms with Gasteiger partial charge in [-0.3, -0.25) is 4.79 Å². The lowest BCUT2D eigenvalue weighted by Gasteiger charge is -2.02. The standard InChI is InChI=1S/C14H12N4O2S/c1-20-13(19)9-21-12-8-7-11-15-16-14(18(11)17-12)10-5-3-2-4-6-10/h2-8H,9H2,1H3. The molecule has 0 aliphatic carbocycles. The van der Waals surface area contributed by atoms with Crippen LogP contribution in [0.15, 0.2) is 47.5 Å². The molecule has 0 aliphatic rings. The highest BCUT2D eigenvalue weighted by atomic mass is 32.2. The third-order valence-corrected chi connectivity index (χ3v) is 3.73. The normalized spacial score (nSPS) is 10.7. The van der Waals surface area contributed by atoms with Gasteiger partial charge in [0.1, 0.15) is 5.03 Å². The number of esters is 1. The van der Waals surface area contributed by atoms with Crippen molar-refractivity contribution in [3.63, 3.8) is 0 Å². The van der Waals surface area contributed by atoms with Crippen molar-refractivity contribution in [2.45, 2.75) is 5.03 Å². The fourth-order valence-corrected chi connectivity index (χ4v) is 2.50. The Morgan fingerprint density at radius 3 is 2.76 bits per heavy atom. The van der Waals surface area contributed by atoms with Crippen molar-refractivity contribution in [3.05, 3.63) is 42.5 Å². The van der Waals surface area contributed by atoms with Gasteiger partial charge in [-0.25, -0.2) is 0 Å². The molecule has 0 atom stereocenters. The van der Waals surface area contributed by atoms with E-state index in [1.165, 1.54) is 18.9 Å². The van der Waals surface area contributed by atoms with Gasteiger partial charge in [0.15, 0.2) is 11.5 Å². The molecule has 21 heavy (non-hydrogen) atoms. The van der Waals surface area contributed by atoms with Crippen LogP contribution in [-0.2, 0) is 9.53 Å². The van der Waals surface area contributed by atoms with E-state index in [0.29, 0.717) is 16.5 Å². The molecule has 0 saturated carbocycles. The minimum atomic E-state index is -0.283. The molecule has 3 rings (SSSR count). The zero-order valence-corrected chi connectivity index (χ0v) is 12.1. The Morgan fingerprint density at radius 1 is 1.19 bits per heavy atom. The summed E-state index contributed by atoms with van der Waals surface area (Å²) in [6.07, 6.45) is 0. The first kappa shape index (κ1) is 13.6. The van der Waals surface area contributed by atoms with Crippen molar-refractivity contribution in [1.29, 1.82) is 0 Å². The van der Waals surface area contributed by atoms with Crippen LogP contribution < -0.4 is 0 Å². The van der Waals surface area contributed by atoms with Crippen LogP contribution in [-0.4, -0.2) is 38.6 Å². The summed E-state index contributed by atoms with van der Waals surface area (Å²) < 4.78 is 6.29. The molecular formula is C14H12N4O2S. The largest absolute Gasteiger partial charge is 0.468 e. The lowest BCUT2D eigenvalue weighted by atomic mass is 10.2. The van der Waals surface area contributed by atoms with Crippen LogP contribution in [0.25, 0.3) is 17.0 Å². The maximum Gasteiger partial charge on any atom is 0.316 e. The van der Waals surface area contributed by atoms with E-state index < -0.39 is 0 Å². The molecule has 7 heteroatoms. The number of aromatic nitrogens is 4. The number of fused-ring (bicyclic) bond motifs is 1. The van der Waals surface area contributed by atoms with E-state index in [0.717, 1.165) is 5.56 Å². The molecule has 2 heterocycles. The van der Waals surface area contributed by atoms with Gasteiger partial charge in [-0.2, -0.15) is 9.61 Å². The number of ether oxygens (including phenoxy) is 1. The van der Waals surface area contributed by atoms with E-state index >= 15 is 0 Å². The summed E-state index contributed by atoms with van der Waals surface area (Å²) >= 11 is 1.31. The smallest absolute Gasteiger partial charge is 0.316 e. The average Bonchev–Trinajstić information content (AvgIpc) is 2.96. The molecule has 106 valence electrons. The van der Waals surface area contributed by atoms with Crippen molar-refractivity contribution in [1.82, 2.24) is 19.8 Å². The average molecular weight is 300 g/mol. The molecule has 3 aromatic rings. The number of carbonyl (C=O) groups excluding carboxylic acids is 1. The van der Waals surface area contributed by atoms with Crippen molar-refractivity contribution in [2.24, 2.45) is 0 Å². The molecule has 1 aromatic carbocycles. The molecule has 0 N–H and O–H groups in total. The summed E-state index contributed by atoms with van der Waals surface area (Å²) in [5.41, 5.74) is 1.60. The van der Waals surface area contributed by atoms with Gasteiger partial charge >= 0.3 is 5.97 Å². The topological polar surface area (TPSA) is 69.4 Å². The van der Waals surface area contributed by atoms with Gasteiger partial charge in [-0.05, 0) is 12.1 Å². The van der Waals surface area contributed by atoms with Crippen LogP contribution in [0.4, 0.5) is 0 Å². The summed E-state index contributed by atoms with van der Waals surface area (Å²) in [5.74, 6) is 0.609. The quantitative estimate of drug-likeness (QED) is 0.542. The van der Waals surface area contributed by atoms with Crippen LogP contribution in [0.2, 0.25) is 0 Å². The van der Waals surface area contributed by atoms with E-state index in [1.54, 1.807) is 4.52 Å². The van der Waals surface area contributed by atoms with E-state index in [2.05, 4.69) is 20.0 Å². The van der Waals surface area contributed by atoms with E-state index in [-0.39, 0.29) is 11.7 Å². The molecular weight excluding hydrogens is 288 g/mol. The monoisotopic (exact) mass is 300 g/mol. The molecule has 2 aromatic heterocycles. The number of thioether (sulfide) groups is 1. The summed E-state index contributed by atoms with van der Waals surface area (Å²) in [7, 11) is 1.37. The Balaban J connectivity index is 1.95. The van der Waals surface area contributed by atoms with Gasteiger partial charge in [-0.1, -0.05) is 42.1 Å². The highest BCUT2D eigenvalue weighted by molar-refractivity contribution is 7.99. The maximum atomic E-state index is 11.2. The number of benzene rings is 1. The summed E-state index contributed by atoms with van der Waals surface area (Å²) in [4.78, 5) is 11.2. The Bertz CT molecular complexity index is 773. The van der Waals surface area contributed by atoms with Crippen molar-refractivity contribution >= 4 is 23.4 Å². The van der Waals surface area contributed by atoms with Crippen LogP contribution in [0, 0.1) is 0 Å². The van der Waals surface area contributed by atoms with Gasteiger partial charge in [0.05, 0.1) is 12.9 Å². The number of rotatable bonds is 4. The summed E-state index contributed by atoms with van der Waals surface area (Å²) in [6, 6.07) is 13.4. The van der Waals surface area contributed by atoms with Gasteiger partial charge < -0.3 is 4.74 Å². The second kappa shape index (κ2) is 5.92. The molecule has 0 fully saturated rings. The predicted octanol–water partition coefficient (Wildman–Crippen LogP) is 2.06. The highest BCUT2D eigenvalue weighted by Gasteiger charge is 2.10. The van der Waals surface area contributed by atoms with Crippen molar-refractivity contribution in [3.8, 4) is 11.4 Å². The third kappa shape index (κ3) is 2.87. The molecule has 0 aliphatic heterocycles. The molecule has 0 saturated heterocycles. The predicted molar refractivity (Wildman–Crippen MR) is 79.0 cm³/mol. The first-order valence-electron chi connectivity index (χ1n) is 6.25. The zero-order valence-electron chi connectivity index (χ0n) is 11.3. The van der Waals surface area contributed by atoms with Crippen molar-refractivity contribution < 1.29 is 9.53 Å². The number of methoxy groups -OCH3 is 1. The molecule has 0 amide bonds. The SMILES string of the molecule is COC(=O)CSc1ccc2nnc(-c3ccccc3)n2n1. The van der Waals surface area contributed by atoms with Gasteiger partial charge in [0, 0.05) is 5.56 Å². The number of carbonyl (C=O) groups is 1. The molecule has 0 unspecified atom stereocenters. The fraction of sp³-hybridized carbons (Fsp3) is 0.143. The second-order valence-corrected chi connectivity index (χ2v) is 5.19. The van der Waals surface area contributed by atoms with Crippen molar-refractivity contribution in [2.75, 3.05) is 12.9 Å². The van der Waals surface area contributed by atoms with Gasteiger partial charge in [0.25, 0.3) is 0 Å². The minimum Gasteiger partial charge on any atom is -0.468 e. The lowest BCUT2D eigenvalue weighted by molar-refractivity contribution is -0.137.